The maximum Gasteiger partial charge on any atom is 0.181 e. The van der Waals surface area contributed by atoms with Gasteiger partial charge >= 0.3 is 0 Å². The minimum atomic E-state index is 0.844. The van der Waals surface area contributed by atoms with Crippen LogP contribution in [0.25, 0.3) is 27.8 Å². The fraction of sp³-hybridized carbons (Fsp3) is 0.0476. The van der Waals surface area contributed by atoms with Crippen LogP contribution in [0.2, 0.25) is 0 Å². The molecular weight excluding hydrogens is 467 g/mol. The summed E-state index contributed by atoms with van der Waals surface area (Å²) in [5.74, 6) is 0. The zero-order chi connectivity index (χ0) is 18.4. The lowest BCUT2D eigenvalue weighted by atomic mass is 10.2. The zero-order valence-corrected chi connectivity index (χ0v) is 17.5. The van der Waals surface area contributed by atoms with Crippen LogP contribution in [0.4, 0.5) is 0 Å². The van der Waals surface area contributed by atoms with Gasteiger partial charge in [-0.25, -0.2) is 9.97 Å². The summed E-state index contributed by atoms with van der Waals surface area (Å²) in [5.41, 5.74) is 6.44. The molecule has 5 rings (SSSR count). The molecular formula is C21H15IN4S. The Hall–Kier alpha value is -2.32. The van der Waals surface area contributed by atoms with Crippen molar-refractivity contribution in [2.45, 2.75) is 17.2 Å². The minimum Gasteiger partial charge on any atom is -0.333 e. The van der Waals surface area contributed by atoms with Gasteiger partial charge in [0.15, 0.2) is 10.3 Å². The Labute approximate surface area is 174 Å². The molecule has 5 aromatic rings. The van der Waals surface area contributed by atoms with Gasteiger partial charge in [-0.2, -0.15) is 0 Å². The third-order valence-corrected chi connectivity index (χ3v) is 6.01. The first kappa shape index (κ1) is 16.8. The number of benzene rings is 3. The topological polar surface area (TPSA) is 46.5 Å². The lowest BCUT2D eigenvalue weighted by Gasteiger charge is -2.12. The number of hydrogen-bond acceptors (Lipinski definition) is 3. The second-order valence-corrected chi connectivity index (χ2v) is 8.51. The summed E-state index contributed by atoms with van der Waals surface area (Å²) >= 11 is 3.91. The fourth-order valence-electron chi connectivity index (χ4n) is 3.19. The van der Waals surface area contributed by atoms with Crippen LogP contribution < -0.4 is 0 Å². The number of H-pyrrole nitrogens is 1. The summed E-state index contributed by atoms with van der Waals surface area (Å²) < 4.78 is 3.43. The normalized spacial score (nSPS) is 11.5. The lowest BCUT2D eigenvalue weighted by Crippen LogP contribution is -2.00. The van der Waals surface area contributed by atoms with Gasteiger partial charge < -0.3 is 4.98 Å². The highest BCUT2D eigenvalue weighted by Crippen LogP contribution is 2.33. The Morgan fingerprint density at radius 3 is 2.56 bits per heavy atom. The molecule has 0 aliphatic heterocycles. The van der Waals surface area contributed by atoms with Gasteiger partial charge in [0.1, 0.15) is 0 Å². The fourth-order valence-corrected chi connectivity index (χ4v) is 4.58. The van der Waals surface area contributed by atoms with Crippen LogP contribution in [0.5, 0.6) is 0 Å². The Morgan fingerprint density at radius 1 is 0.926 bits per heavy atom. The molecule has 0 unspecified atom stereocenters. The molecule has 0 saturated heterocycles. The number of nitrogens with one attached hydrogen (secondary N) is 1. The van der Waals surface area contributed by atoms with Crippen molar-refractivity contribution in [1.29, 1.82) is 0 Å². The van der Waals surface area contributed by atoms with Gasteiger partial charge in [0.2, 0.25) is 0 Å². The SMILES string of the molecule is Cc1ccc(I)cc1-n1c(Sc2nc3ccccc3[nH]2)nc2ccccc21. The maximum atomic E-state index is 4.89. The average Bonchev–Trinajstić information content (AvgIpc) is 3.24. The molecule has 132 valence electrons. The summed E-state index contributed by atoms with van der Waals surface area (Å²) in [5, 5.41) is 1.75. The van der Waals surface area contributed by atoms with Gasteiger partial charge in [0, 0.05) is 3.57 Å². The van der Waals surface area contributed by atoms with E-state index < -0.39 is 0 Å². The molecule has 0 spiro atoms. The molecule has 0 aliphatic carbocycles. The van der Waals surface area contributed by atoms with Crippen molar-refractivity contribution in [3.8, 4) is 5.69 Å². The highest BCUT2D eigenvalue weighted by Gasteiger charge is 2.17. The van der Waals surface area contributed by atoms with Gasteiger partial charge in [-0.05, 0) is 83.2 Å². The number of aromatic nitrogens is 4. The molecule has 3 aromatic carbocycles. The smallest absolute Gasteiger partial charge is 0.181 e. The van der Waals surface area contributed by atoms with E-state index in [2.05, 4.69) is 75.5 Å². The van der Waals surface area contributed by atoms with E-state index in [4.69, 9.17) is 9.97 Å². The molecule has 0 radical (unpaired) electrons. The number of nitrogens with zero attached hydrogens (tertiary/aromatic N) is 3. The third-order valence-electron chi connectivity index (χ3n) is 4.50. The van der Waals surface area contributed by atoms with Crippen molar-refractivity contribution in [2.24, 2.45) is 0 Å². The van der Waals surface area contributed by atoms with Gasteiger partial charge in [0.05, 0.1) is 27.8 Å². The Balaban J connectivity index is 1.71. The molecule has 0 aliphatic rings. The molecule has 0 amide bonds. The largest absolute Gasteiger partial charge is 0.333 e. The van der Waals surface area contributed by atoms with Crippen LogP contribution >= 0.6 is 34.4 Å². The first-order chi connectivity index (χ1) is 13.2. The van der Waals surface area contributed by atoms with E-state index in [1.54, 1.807) is 11.8 Å². The molecule has 1 N–H and O–H groups in total. The maximum absolute atomic E-state index is 4.89. The number of hydrogen-bond donors (Lipinski definition) is 1. The van der Waals surface area contributed by atoms with E-state index in [9.17, 15) is 0 Å². The van der Waals surface area contributed by atoms with Crippen LogP contribution in [0, 0.1) is 10.5 Å². The van der Waals surface area contributed by atoms with E-state index in [1.807, 2.05) is 30.3 Å². The van der Waals surface area contributed by atoms with E-state index in [0.717, 1.165) is 38.1 Å². The summed E-state index contributed by atoms with van der Waals surface area (Å²) in [6.45, 7) is 2.13. The number of aryl methyl sites for hydroxylation is 1. The van der Waals surface area contributed by atoms with E-state index in [1.165, 1.54) is 9.13 Å². The first-order valence-electron chi connectivity index (χ1n) is 8.56. The van der Waals surface area contributed by atoms with Crippen molar-refractivity contribution in [3.05, 3.63) is 75.9 Å². The lowest BCUT2D eigenvalue weighted by molar-refractivity contribution is 0.903. The van der Waals surface area contributed by atoms with E-state index in [0.29, 0.717) is 0 Å². The van der Waals surface area contributed by atoms with Gasteiger partial charge in [-0.3, -0.25) is 4.57 Å². The molecule has 27 heavy (non-hydrogen) atoms. The zero-order valence-electron chi connectivity index (χ0n) is 14.5. The average molecular weight is 482 g/mol. The molecule has 0 saturated carbocycles. The summed E-state index contributed by atoms with van der Waals surface area (Å²) in [6.07, 6.45) is 0. The Kier molecular flexibility index (Phi) is 4.17. The first-order valence-corrected chi connectivity index (χ1v) is 10.5. The predicted octanol–water partition coefficient (Wildman–Crippen LogP) is 5.97. The number of halogens is 1. The number of aromatic amines is 1. The summed E-state index contributed by atoms with van der Waals surface area (Å²) in [6, 6.07) is 22.8. The van der Waals surface area contributed by atoms with Crippen molar-refractivity contribution in [1.82, 2.24) is 19.5 Å². The minimum absolute atomic E-state index is 0.844. The van der Waals surface area contributed by atoms with Crippen LogP contribution in [0.1, 0.15) is 5.56 Å². The monoisotopic (exact) mass is 482 g/mol. The molecule has 0 atom stereocenters. The van der Waals surface area contributed by atoms with Gasteiger partial charge in [-0.1, -0.05) is 30.3 Å². The Bertz CT molecular complexity index is 1260. The molecule has 6 heteroatoms. The van der Waals surface area contributed by atoms with Crippen LogP contribution in [-0.4, -0.2) is 19.5 Å². The van der Waals surface area contributed by atoms with Crippen molar-refractivity contribution in [2.75, 3.05) is 0 Å². The number of rotatable bonds is 3. The molecule has 0 bridgehead atoms. The van der Waals surface area contributed by atoms with Gasteiger partial charge in [0.25, 0.3) is 0 Å². The Morgan fingerprint density at radius 2 is 1.70 bits per heavy atom. The molecule has 0 fully saturated rings. The van der Waals surface area contributed by atoms with Crippen LogP contribution in [0.3, 0.4) is 0 Å². The third kappa shape index (κ3) is 3.02. The molecule has 2 aromatic heterocycles. The standard InChI is InChI=1S/C21H15IN4S/c1-13-10-11-14(22)12-19(13)26-18-9-5-4-8-17(18)25-21(26)27-20-23-15-6-2-3-7-16(15)24-20/h2-12H,1H3,(H,23,24). The van der Waals surface area contributed by atoms with Crippen LogP contribution in [-0.2, 0) is 0 Å². The molecule has 4 nitrogen and oxygen atoms in total. The van der Waals surface area contributed by atoms with Crippen LogP contribution in [0.15, 0.2) is 77.0 Å². The number of para-hydroxylation sites is 4. The molecule has 2 heterocycles. The van der Waals surface area contributed by atoms with Crippen molar-refractivity contribution < 1.29 is 0 Å². The second-order valence-electron chi connectivity index (χ2n) is 6.31. The second kappa shape index (κ2) is 6.69. The van der Waals surface area contributed by atoms with Gasteiger partial charge in [-0.15, -0.1) is 0 Å². The van der Waals surface area contributed by atoms with E-state index in [-0.39, 0.29) is 0 Å². The quantitative estimate of drug-likeness (QED) is 0.323. The van der Waals surface area contributed by atoms with E-state index >= 15 is 0 Å². The highest BCUT2D eigenvalue weighted by atomic mass is 127. The number of imidazole rings is 2. The van der Waals surface area contributed by atoms with Crippen molar-refractivity contribution in [3.63, 3.8) is 0 Å². The summed E-state index contributed by atoms with van der Waals surface area (Å²) in [7, 11) is 0. The highest BCUT2D eigenvalue weighted by molar-refractivity contribution is 14.1. The number of fused-ring (bicyclic) bond motifs is 2. The predicted molar refractivity (Wildman–Crippen MR) is 119 cm³/mol. The summed E-state index contributed by atoms with van der Waals surface area (Å²) in [4.78, 5) is 13.0. The van der Waals surface area contributed by atoms with Crippen molar-refractivity contribution >= 4 is 56.4 Å².